The van der Waals surface area contributed by atoms with Crippen LogP contribution >= 0.6 is 0 Å². The largest absolute Gasteiger partial charge is 0.409 e. The van der Waals surface area contributed by atoms with Crippen molar-refractivity contribution in [3.63, 3.8) is 0 Å². The summed E-state index contributed by atoms with van der Waals surface area (Å²) in [6.07, 6.45) is 4.07. The van der Waals surface area contributed by atoms with E-state index in [0.29, 0.717) is 0 Å². The van der Waals surface area contributed by atoms with Gasteiger partial charge in [0.25, 0.3) is 0 Å². The second-order valence-corrected chi connectivity index (χ2v) is 5.47. The van der Waals surface area contributed by atoms with Gasteiger partial charge in [-0.3, -0.25) is 0 Å². The Morgan fingerprint density at radius 1 is 1.44 bits per heavy atom. The SMILES string of the molecule is Cc1cc(C(N)=NO)ccc1N1CC2CCC1C2. The van der Waals surface area contributed by atoms with Crippen LogP contribution in [0, 0.1) is 12.8 Å². The third-order valence-corrected chi connectivity index (χ3v) is 4.32. The third-order valence-electron chi connectivity index (χ3n) is 4.32. The number of nitrogens with zero attached hydrogens (tertiary/aromatic N) is 2. The number of benzene rings is 1. The lowest BCUT2D eigenvalue weighted by Gasteiger charge is -2.30. The maximum absolute atomic E-state index is 8.70. The van der Waals surface area contributed by atoms with Crippen LogP contribution in [0.25, 0.3) is 0 Å². The van der Waals surface area contributed by atoms with Gasteiger partial charge in [0, 0.05) is 23.8 Å². The van der Waals surface area contributed by atoms with Gasteiger partial charge in [-0.15, -0.1) is 0 Å². The molecule has 2 atom stereocenters. The molecular weight excluding hydrogens is 226 g/mol. The molecule has 1 aliphatic carbocycles. The minimum absolute atomic E-state index is 0.174. The second-order valence-electron chi connectivity index (χ2n) is 5.47. The number of rotatable bonds is 2. The van der Waals surface area contributed by atoms with Crippen LogP contribution < -0.4 is 10.6 Å². The van der Waals surface area contributed by atoms with Crippen LogP contribution in [0.5, 0.6) is 0 Å². The molecular formula is C14H19N3O. The van der Waals surface area contributed by atoms with Crippen molar-refractivity contribution in [2.75, 3.05) is 11.4 Å². The number of anilines is 1. The maximum Gasteiger partial charge on any atom is 0.170 e. The molecule has 2 bridgehead atoms. The average Bonchev–Trinajstić information content (AvgIpc) is 3.00. The van der Waals surface area contributed by atoms with Crippen molar-refractivity contribution in [2.24, 2.45) is 16.8 Å². The summed E-state index contributed by atoms with van der Waals surface area (Å²) >= 11 is 0. The number of nitrogens with two attached hydrogens (primary N) is 1. The molecule has 1 heterocycles. The molecule has 3 N–H and O–H groups in total. The first kappa shape index (κ1) is 11.4. The van der Waals surface area contributed by atoms with E-state index in [1.54, 1.807) is 0 Å². The normalized spacial score (nSPS) is 26.9. The molecule has 0 radical (unpaired) electrons. The van der Waals surface area contributed by atoms with E-state index in [-0.39, 0.29) is 5.84 Å². The molecule has 0 amide bonds. The fourth-order valence-electron chi connectivity index (χ4n) is 3.41. The highest BCUT2D eigenvalue weighted by molar-refractivity contribution is 5.97. The van der Waals surface area contributed by atoms with Crippen molar-refractivity contribution >= 4 is 11.5 Å². The predicted octanol–water partition coefficient (Wildman–Crippen LogP) is 2.08. The van der Waals surface area contributed by atoms with Crippen molar-refractivity contribution in [3.05, 3.63) is 29.3 Å². The van der Waals surface area contributed by atoms with E-state index in [1.807, 2.05) is 12.1 Å². The zero-order chi connectivity index (χ0) is 12.7. The topological polar surface area (TPSA) is 61.9 Å². The van der Waals surface area contributed by atoms with Crippen molar-refractivity contribution in [1.82, 2.24) is 0 Å². The molecule has 2 aliphatic rings. The summed E-state index contributed by atoms with van der Waals surface area (Å²) < 4.78 is 0. The van der Waals surface area contributed by atoms with Crippen LogP contribution in [0.2, 0.25) is 0 Å². The van der Waals surface area contributed by atoms with E-state index in [4.69, 9.17) is 10.9 Å². The lowest BCUT2D eigenvalue weighted by molar-refractivity contribution is 0.318. The second kappa shape index (κ2) is 4.19. The number of piperidine rings is 1. The average molecular weight is 245 g/mol. The molecule has 4 nitrogen and oxygen atoms in total. The molecule has 1 aliphatic heterocycles. The molecule has 3 rings (SSSR count). The van der Waals surface area contributed by atoms with E-state index < -0.39 is 0 Å². The third kappa shape index (κ3) is 1.72. The van der Waals surface area contributed by atoms with Gasteiger partial charge in [0.15, 0.2) is 5.84 Å². The molecule has 96 valence electrons. The molecule has 2 fully saturated rings. The lowest BCUT2D eigenvalue weighted by atomic mass is 10.1. The summed E-state index contributed by atoms with van der Waals surface area (Å²) in [5.41, 5.74) is 8.90. The quantitative estimate of drug-likeness (QED) is 0.363. The van der Waals surface area contributed by atoms with Crippen LogP contribution in [0.15, 0.2) is 23.4 Å². The Hall–Kier alpha value is -1.71. The van der Waals surface area contributed by atoms with E-state index in [2.05, 4.69) is 23.0 Å². The van der Waals surface area contributed by atoms with Gasteiger partial charge in [0.05, 0.1) is 0 Å². The summed E-state index contributed by atoms with van der Waals surface area (Å²) in [5.74, 6) is 1.06. The number of hydrogen-bond acceptors (Lipinski definition) is 3. The summed E-state index contributed by atoms with van der Waals surface area (Å²) in [4.78, 5) is 2.53. The first-order chi connectivity index (χ1) is 8.69. The zero-order valence-corrected chi connectivity index (χ0v) is 10.6. The summed E-state index contributed by atoms with van der Waals surface area (Å²) in [7, 11) is 0. The molecule has 1 saturated carbocycles. The van der Waals surface area contributed by atoms with Crippen LogP contribution in [-0.2, 0) is 0 Å². The highest BCUT2D eigenvalue weighted by Crippen LogP contribution is 2.41. The Kier molecular flexibility index (Phi) is 2.65. The zero-order valence-electron chi connectivity index (χ0n) is 10.6. The van der Waals surface area contributed by atoms with Crippen molar-refractivity contribution < 1.29 is 5.21 Å². The molecule has 1 saturated heterocycles. The molecule has 1 aromatic rings. The van der Waals surface area contributed by atoms with Crippen LogP contribution in [0.1, 0.15) is 30.4 Å². The smallest absolute Gasteiger partial charge is 0.170 e. The van der Waals surface area contributed by atoms with Crippen molar-refractivity contribution in [3.8, 4) is 0 Å². The molecule has 0 spiro atoms. The van der Waals surface area contributed by atoms with E-state index >= 15 is 0 Å². The highest BCUT2D eigenvalue weighted by atomic mass is 16.4. The van der Waals surface area contributed by atoms with E-state index in [9.17, 15) is 0 Å². The standard InChI is InChI=1S/C14H19N3O/c1-9-6-11(14(15)16-18)3-5-13(9)17-8-10-2-4-12(17)7-10/h3,5-6,10,12,18H,2,4,7-8H2,1H3,(H2,15,16). The molecule has 0 aromatic heterocycles. The van der Waals surface area contributed by atoms with Crippen molar-refractivity contribution in [1.29, 1.82) is 0 Å². The fourth-order valence-corrected chi connectivity index (χ4v) is 3.41. The Balaban J connectivity index is 1.90. The monoisotopic (exact) mass is 245 g/mol. The first-order valence-electron chi connectivity index (χ1n) is 6.54. The van der Waals surface area contributed by atoms with Gasteiger partial charge in [0.2, 0.25) is 0 Å². The van der Waals surface area contributed by atoms with Crippen molar-refractivity contribution in [2.45, 2.75) is 32.2 Å². The molecule has 2 unspecified atom stereocenters. The van der Waals surface area contributed by atoms with Crippen LogP contribution in [0.4, 0.5) is 5.69 Å². The lowest BCUT2D eigenvalue weighted by Crippen LogP contribution is -2.32. The van der Waals surface area contributed by atoms with Gasteiger partial charge in [-0.05, 0) is 55.9 Å². The minimum atomic E-state index is 0.174. The predicted molar refractivity (Wildman–Crippen MR) is 72.2 cm³/mol. The number of amidine groups is 1. The molecule has 18 heavy (non-hydrogen) atoms. The summed E-state index contributed by atoms with van der Waals surface area (Å²) in [6, 6.07) is 6.76. The fraction of sp³-hybridized carbons (Fsp3) is 0.500. The Morgan fingerprint density at radius 3 is 2.83 bits per heavy atom. The van der Waals surface area contributed by atoms with E-state index in [0.717, 1.165) is 17.5 Å². The van der Waals surface area contributed by atoms with Gasteiger partial charge in [-0.1, -0.05) is 5.16 Å². The number of hydrogen-bond donors (Lipinski definition) is 2. The van der Waals surface area contributed by atoms with Gasteiger partial charge in [0.1, 0.15) is 0 Å². The van der Waals surface area contributed by atoms with Crippen LogP contribution in [-0.4, -0.2) is 23.6 Å². The highest BCUT2D eigenvalue weighted by Gasteiger charge is 2.38. The number of aryl methyl sites for hydroxylation is 1. The van der Waals surface area contributed by atoms with Gasteiger partial charge < -0.3 is 15.8 Å². The number of fused-ring (bicyclic) bond motifs is 2. The molecule has 4 heteroatoms. The minimum Gasteiger partial charge on any atom is -0.409 e. The van der Waals surface area contributed by atoms with Gasteiger partial charge in [-0.2, -0.15) is 0 Å². The van der Waals surface area contributed by atoms with E-state index in [1.165, 1.54) is 37.1 Å². The molecule has 1 aromatic carbocycles. The first-order valence-corrected chi connectivity index (χ1v) is 6.54. The Morgan fingerprint density at radius 2 is 2.28 bits per heavy atom. The van der Waals surface area contributed by atoms with Crippen LogP contribution in [0.3, 0.4) is 0 Å². The Bertz CT molecular complexity index is 498. The number of oxime groups is 1. The van der Waals surface area contributed by atoms with Gasteiger partial charge in [-0.25, -0.2) is 0 Å². The summed E-state index contributed by atoms with van der Waals surface area (Å²) in [5, 5.41) is 11.7. The van der Waals surface area contributed by atoms with Gasteiger partial charge >= 0.3 is 0 Å². The maximum atomic E-state index is 8.70. The summed E-state index contributed by atoms with van der Waals surface area (Å²) in [6.45, 7) is 3.28. The Labute approximate surface area is 107 Å².